The molecule has 1 aliphatic rings. The molecule has 1 aliphatic heterocycles. The van der Waals surface area contributed by atoms with Crippen molar-refractivity contribution in [2.75, 3.05) is 6.54 Å². The van der Waals surface area contributed by atoms with Crippen molar-refractivity contribution in [1.29, 1.82) is 0 Å². The van der Waals surface area contributed by atoms with Crippen molar-refractivity contribution < 1.29 is 9.52 Å². The average Bonchev–Trinajstić information content (AvgIpc) is 2.70. The van der Waals surface area contributed by atoms with Crippen LogP contribution in [0.3, 0.4) is 0 Å². The van der Waals surface area contributed by atoms with E-state index in [1.807, 2.05) is 19.1 Å². The lowest BCUT2D eigenvalue weighted by molar-refractivity contribution is 0.0325. The van der Waals surface area contributed by atoms with Crippen LogP contribution in [0.1, 0.15) is 38.4 Å². The highest BCUT2D eigenvalue weighted by molar-refractivity contribution is 5.02. The van der Waals surface area contributed by atoms with Gasteiger partial charge in [-0.3, -0.25) is 0 Å². The molecule has 1 aromatic rings. The lowest BCUT2D eigenvalue weighted by Gasteiger charge is -2.31. The van der Waals surface area contributed by atoms with Gasteiger partial charge in [-0.25, -0.2) is 0 Å². The third-order valence-corrected chi connectivity index (χ3v) is 3.23. The summed E-state index contributed by atoms with van der Waals surface area (Å²) in [4.78, 5) is 0. The Morgan fingerprint density at radius 1 is 1.56 bits per heavy atom. The summed E-state index contributed by atoms with van der Waals surface area (Å²) < 4.78 is 5.28. The van der Waals surface area contributed by atoms with E-state index in [1.54, 1.807) is 6.26 Å². The summed E-state index contributed by atoms with van der Waals surface area (Å²) in [7, 11) is 0. The maximum atomic E-state index is 10.3. The molecule has 0 amide bonds. The fraction of sp³-hybridized carbons (Fsp3) is 0.692. The zero-order valence-corrected chi connectivity index (χ0v) is 9.91. The molecule has 0 saturated carbocycles. The Morgan fingerprint density at radius 2 is 2.44 bits per heavy atom. The van der Waals surface area contributed by atoms with Gasteiger partial charge in [0.25, 0.3) is 0 Å². The lowest BCUT2D eigenvalue weighted by Crippen LogP contribution is -2.41. The van der Waals surface area contributed by atoms with E-state index in [4.69, 9.17) is 4.42 Å². The molecule has 1 aromatic heterocycles. The number of hydrogen-bond donors (Lipinski definition) is 2. The van der Waals surface area contributed by atoms with E-state index < -0.39 is 5.60 Å². The number of aliphatic hydroxyl groups is 1. The van der Waals surface area contributed by atoms with Gasteiger partial charge in [0, 0.05) is 12.5 Å². The Balaban J connectivity index is 1.86. The second kappa shape index (κ2) is 5.02. The van der Waals surface area contributed by atoms with Gasteiger partial charge in [-0.1, -0.05) is 6.42 Å². The fourth-order valence-electron chi connectivity index (χ4n) is 2.49. The Morgan fingerprint density at radius 3 is 3.06 bits per heavy atom. The van der Waals surface area contributed by atoms with Crippen LogP contribution in [0.25, 0.3) is 0 Å². The molecule has 0 radical (unpaired) electrons. The average molecular weight is 223 g/mol. The summed E-state index contributed by atoms with van der Waals surface area (Å²) in [5.74, 6) is 0.862. The molecule has 2 N–H and O–H groups in total. The Bertz CT molecular complexity index is 300. The molecule has 2 heterocycles. The number of hydrogen-bond acceptors (Lipinski definition) is 3. The predicted molar refractivity (Wildman–Crippen MR) is 63.3 cm³/mol. The second-order valence-electron chi connectivity index (χ2n) is 5.10. The maximum Gasteiger partial charge on any atom is 0.106 e. The van der Waals surface area contributed by atoms with Crippen molar-refractivity contribution in [3.05, 3.63) is 24.2 Å². The highest BCUT2D eigenvalue weighted by atomic mass is 16.3. The van der Waals surface area contributed by atoms with E-state index in [-0.39, 0.29) is 0 Å². The summed E-state index contributed by atoms with van der Waals surface area (Å²) >= 11 is 0. The van der Waals surface area contributed by atoms with Gasteiger partial charge in [0.15, 0.2) is 0 Å². The molecule has 3 nitrogen and oxygen atoms in total. The molecule has 0 bridgehead atoms. The summed E-state index contributed by atoms with van der Waals surface area (Å²) in [5, 5.41) is 13.8. The van der Waals surface area contributed by atoms with E-state index in [0.29, 0.717) is 12.5 Å². The van der Waals surface area contributed by atoms with Gasteiger partial charge in [0.1, 0.15) is 5.76 Å². The smallest absolute Gasteiger partial charge is 0.106 e. The van der Waals surface area contributed by atoms with Crippen LogP contribution in [0, 0.1) is 0 Å². The van der Waals surface area contributed by atoms with E-state index in [9.17, 15) is 5.11 Å². The summed E-state index contributed by atoms with van der Waals surface area (Å²) in [6, 6.07) is 4.24. The van der Waals surface area contributed by atoms with Gasteiger partial charge in [-0.2, -0.15) is 0 Å². The number of nitrogens with one attached hydrogen (secondary N) is 1. The molecular weight excluding hydrogens is 202 g/mol. The summed E-state index contributed by atoms with van der Waals surface area (Å²) in [6.45, 7) is 2.98. The van der Waals surface area contributed by atoms with Gasteiger partial charge >= 0.3 is 0 Å². The standard InChI is InChI=1S/C13H21NO2/c1-13(15,10-12-6-4-8-16-12)9-11-5-2-3-7-14-11/h4,6,8,11,14-15H,2-3,5,7,9-10H2,1H3. The van der Waals surface area contributed by atoms with Crippen molar-refractivity contribution in [3.63, 3.8) is 0 Å². The van der Waals surface area contributed by atoms with Gasteiger partial charge < -0.3 is 14.8 Å². The van der Waals surface area contributed by atoms with Crippen molar-refractivity contribution >= 4 is 0 Å². The molecule has 90 valence electrons. The highest BCUT2D eigenvalue weighted by Gasteiger charge is 2.27. The third-order valence-electron chi connectivity index (χ3n) is 3.23. The first-order valence-electron chi connectivity index (χ1n) is 6.14. The molecule has 2 atom stereocenters. The van der Waals surface area contributed by atoms with Gasteiger partial charge in [0.2, 0.25) is 0 Å². The van der Waals surface area contributed by atoms with Gasteiger partial charge in [0.05, 0.1) is 11.9 Å². The van der Waals surface area contributed by atoms with Crippen molar-refractivity contribution in [2.24, 2.45) is 0 Å². The van der Waals surface area contributed by atoms with E-state index in [1.165, 1.54) is 19.3 Å². The van der Waals surface area contributed by atoms with Crippen LogP contribution in [-0.2, 0) is 6.42 Å². The first-order chi connectivity index (χ1) is 7.66. The molecule has 2 unspecified atom stereocenters. The third kappa shape index (κ3) is 3.35. The monoisotopic (exact) mass is 223 g/mol. The van der Waals surface area contributed by atoms with E-state index in [2.05, 4.69) is 5.32 Å². The normalized spacial score (nSPS) is 25.2. The van der Waals surface area contributed by atoms with Crippen LogP contribution in [0.4, 0.5) is 0 Å². The molecular formula is C13H21NO2. The Kier molecular flexibility index (Phi) is 3.66. The summed E-state index contributed by atoms with van der Waals surface area (Å²) in [5.41, 5.74) is -0.674. The topological polar surface area (TPSA) is 45.4 Å². The molecule has 3 heteroatoms. The van der Waals surface area contributed by atoms with Crippen LogP contribution in [0.15, 0.2) is 22.8 Å². The minimum atomic E-state index is -0.674. The van der Waals surface area contributed by atoms with Crippen molar-refractivity contribution in [2.45, 2.75) is 50.7 Å². The summed E-state index contributed by atoms with van der Waals surface area (Å²) in [6.07, 6.45) is 6.76. The van der Waals surface area contributed by atoms with Gasteiger partial charge in [-0.15, -0.1) is 0 Å². The van der Waals surface area contributed by atoms with Crippen LogP contribution < -0.4 is 5.32 Å². The first kappa shape index (κ1) is 11.7. The molecule has 1 fully saturated rings. The van der Waals surface area contributed by atoms with Crippen LogP contribution in [-0.4, -0.2) is 23.3 Å². The van der Waals surface area contributed by atoms with Crippen LogP contribution in [0.2, 0.25) is 0 Å². The molecule has 16 heavy (non-hydrogen) atoms. The van der Waals surface area contributed by atoms with E-state index in [0.717, 1.165) is 18.7 Å². The minimum Gasteiger partial charge on any atom is -0.469 e. The lowest BCUT2D eigenvalue weighted by atomic mass is 9.89. The maximum absolute atomic E-state index is 10.3. The van der Waals surface area contributed by atoms with Crippen molar-refractivity contribution in [3.8, 4) is 0 Å². The minimum absolute atomic E-state index is 0.457. The molecule has 1 saturated heterocycles. The largest absolute Gasteiger partial charge is 0.469 e. The van der Waals surface area contributed by atoms with Gasteiger partial charge in [-0.05, 0) is 44.9 Å². The number of piperidine rings is 1. The zero-order valence-electron chi connectivity index (χ0n) is 9.91. The predicted octanol–water partition coefficient (Wildman–Crippen LogP) is 2.11. The highest BCUT2D eigenvalue weighted by Crippen LogP contribution is 2.22. The zero-order chi connectivity index (χ0) is 11.4. The Labute approximate surface area is 96.8 Å². The molecule has 0 aliphatic carbocycles. The molecule has 0 spiro atoms. The fourth-order valence-corrected chi connectivity index (χ4v) is 2.49. The SMILES string of the molecule is CC(O)(Cc1ccco1)CC1CCCCN1. The number of furan rings is 1. The quantitative estimate of drug-likeness (QED) is 0.821. The second-order valence-corrected chi connectivity index (χ2v) is 5.10. The molecule has 0 aromatic carbocycles. The van der Waals surface area contributed by atoms with Crippen molar-refractivity contribution in [1.82, 2.24) is 5.32 Å². The van der Waals surface area contributed by atoms with Crippen LogP contribution in [0.5, 0.6) is 0 Å². The Hall–Kier alpha value is -0.800. The molecule has 2 rings (SSSR count). The first-order valence-corrected chi connectivity index (χ1v) is 6.14. The van der Waals surface area contributed by atoms with E-state index >= 15 is 0 Å². The number of rotatable bonds is 4. The van der Waals surface area contributed by atoms with Crippen LogP contribution >= 0.6 is 0 Å².